The summed E-state index contributed by atoms with van der Waals surface area (Å²) in [7, 11) is 0. The summed E-state index contributed by atoms with van der Waals surface area (Å²) in [6, 6.07) is 13.7. The van der Waals surface area contributed by atoms with E-state index in [4.69, 9.17) is 0 Å². The molecule has 9 heteroatoms. The molecule has 0 radical (unpaired) electrons. The quantitative estimate of drug-likeness (QED) is 0.445. The maximum absolute atomic E-state index is 13.1. The number of benzene rings is 2. The molecule has 0 saturated heterocycles. The third-order valence-electron chi connectivity index (χ3n) is 5.88. The zero-order chi connectivity index (χ0) is 22.8. The largest absolute Gasteiger partial charge is 0.432 e. The Morgan fingerprint density at radius 1 is 1.12 bits per heavy atom. The Kier molecular flexibility index (Phi) is 5.60. The van der Waals surface area contributed by atoms with Crippen molar-refractivity contribution in [2.45, 2.75) is 31.5 Å². The summed E-state index contributed by atoms with van der Waals surface area (Å²) >= 11 is 0. The molecule has 0 saturated carbocycles. The summed E-state index contributed by atoms with van der Waals surface area (Å²) in [6.07, 6.45) is 8.61. The molecule has 0 unspecified atom stereocenters. The number of nitrogens with one attached hydrogen (secondary N) is 2. The molecule has 2 amide bonds. The summed E-state index contributed by atoms with van der Waals surface area (Å²) in [4.78, 5) is 21.4. The van der Waals surface area contributed by atoms with Crippen LogP contribution in [0.3, 0.4) is 0 Å². The van der Waals surface area contributed by atoms with Gasteiger partial charge in [-0.25, -0.2) is 9.78 Å². The van der Waals surface area contributed by atoms with Crippen LogP contribution < -0.4 is 15.4 Å². The number of rotatable bonds is 5. The van der Waals surface area contributed by atoms with Gasteiger partial charge in [-0.05, 0) is 48.2 Å². The molecule has 2 aromatic heterocycles. The van der Waals surface area contributed by atoms with Gasteiger partial charge in [0, 0.05) is 24.0 Å². The van der Waals surface area contributed by atoms with Crippen molar-refractivity contribution < 1.29 is 18.3 Å². The standard InChI is InChI=1S/C24H21F2N5O2/c25-23(26)33-20-10-8-18(17-6-3-11-28-22(17)20)29-24(32)30-21-16-5-2-1-4-15(16)7-9-19(21)31-13-12-27-14-31/h1-6,8,10-14,19,21,23H,7,9H2,(H2,29,30,32)/t19-,21-/m1/s1. The number of aromatic nitrogens is 3. The molecule has 1 aliphatic carbocycles. The highest BCUT2D eigenvalue weighted by molar-refractivity contribution is 6.02. The summed E-state index contributed by atoms with van der Waals surface area (Å²) in [5, 5.41) is 6.46. The van der Waals surface area contributed by atoms with Crippen molar-refractivity contribution in [3.05, 3.63) is 84.6 Å². The van der Waals surface area contributed by atoms with Crippen LogP contribution >= 0.6 is 0 Å². The van der Waals surface area contributed by atoms with Crippen LogP contribution in [0, 0.1) is 0 Å². The fourth-order valence-corrected chi connectivity index (χ4v) is 4.45. The van der Waals surface area contributed by atoms with Crippen LogP contribution in [0.4, 0.5) is 19.3 Å². The SMILES string of the molecule is O=C(Nc1ccc(OC(F)F)c2ncccc12)N[C@@H]1c2ccccc2CC[C@H]1n1ccnc1. The molecule has 33 heavy (non-hydrogen) atoms. The van der Waals surface area contributed by atoms with Gasteiger partial charge in [-0.3, -0.25) is 4.98 Å². The van der Waals surface area contributed by atoms with Crippen molar-refractivity contribution in [3.8, 4) is 5.75 Å². The second kappa shape index (κ2) is 8.85. The minimum absolute atomic E-state index is 0.00776. The Morgan fingerprint density at radius 2 is 2.00 bits per heavy atom. The minimum atomic E-state index is -2.97. The third kappa shape index (κ3) is 4.21. The Hall–Kier alpha value is -4.01. The first-order valence-corrected chi connectivity index (χ1v) is 10.6. The smallest absolute Gasteiger partial charge is 0.387 e. The van der Waals surface area contributed by atoms with Gasteiger partial charge >= 0.3 is 12.6 Å². The number of aryl methyl sites for hydroxylation is 1. The molecule has 1 aliphatic rings. The number of carbonyl (C=O) groups excluding carboxylic acids is 1. The van der Waals surface area contributed by atoms with Gasteiger partial charge in [0.1, 0.15) is 5.52 Å². The van der Waals surface area contributed by atoms with Gasteiger partial charge in [0.2, 0.25) is 0 Å². The van der Waals surface area contributed by atoms with E-state index in [2.05, 4.69) is 31.4 Å². The summed E-state index contributed by atoms with van der Waals surface area (Å²) in [6.45, 7) is -2.97. The minimum Gasteiger partial charge on any atom is -0.432 e. The number of ether oxygens (including phenoxy) is 1. The van der Waals surface area contributed by atoms with Crippen molar-refractivity contribution in [2.75, 3.05) is 5.32 Å². The lowest BCUT2D eigenvalue weighted by Crippen LogP contribution is -2.39. The first-order valence-electron chi connectivity index (χ1n) is 10.6. The number of hydrogen-bond acceptors (Lipinski definition) is 4. The van der Waals surface area contributed by atoms with Gasteiger partial charge in [0.25, 0.3) is 0 Å². The molecular weight excluding hydrogens is 428 g/mol. The molecule has 0 bridgehead atoms. The van der Waals surface area contributed by atoms with Gasteiger partial charge in [0.05, 0.1) is 24.1 Å². The number of alkyl halides is 2. The number of imidazole rings is 1. The first kappa shape index (κ1) is 20.9. The topological polar surface area (TPSA) is 81.1 Å². The predicted octanol–water partition coefficient (Wildman–Crippen LogP) is 5.08. The van der Waals surface area contributed by atoms with E-state index in [1.807, 2.05) is 29.0 Å². The lowest BCUT2D eigenvalue weighted by atomic mass is 9.84. The fourth-order valence-electron chi connectivity index (χ4n) is 4.45. The van der Waals surface area contributed by atoms with Crippen molar-refractivity contribution in [3.63, 3.8) is 0 Å². The maximum atomic E-state index is 13.1. The molecule has 0 fully saturated rings. The highest BCUT2D eigenvalue weighted by Gasteiger charge is 2.31. The van der Waals surface area contributed by atoms with Crippen molar-refractivity contribution in [1.29, 1.82) is 0 Å². The summed E-state index contributed by atoms with van der Waals surface area (Å²) in [5.74, 6) is -0.0482. The number of halogens is 2. The van der Waals surface area contributed by atoms with Crippen LogP contribution in [0.25, 0.3) is 10.9 Å². The van der Waals surface area contributed by atoms with E-state index in [0.29, 0.717) is 11.1 Å². The summed E-state index contributed by atoms with van der Waals surface area (Å²) in [5.41, 5.74) is 2.95. The van der Waals surface area contributed by atoms with E-state index in [0.717, 1.165) is 18.4 Å². The third-order valence-corrected chi connectivity index (χ3v) is 5.88. The highest BCUT2D eigenvalue weighted by atomic mass is 19.3. The molecule has 168 valence electrons. The monoisotopic (exact) mass is 449 g/mol. The molecule has 2 aromatic carbocycles. The van der Waals surface area contributed by atoms with E-state index >= 15 is 0 Å². The van der Waals surface area contributed by atoms with Crippen LogP contribution in [0.15, 0.2) is 73.4 Å². The molecule has 5 rings (SSSR count). The maximum Gasteiger partial charge on any atom is 0.387 e. The average Bonchev–Trinajstić information content (AvgIpc) is 3.35. The van der Waals surface area contributed by atoms with Gasteiger partial charge in [-0.1, -0.05) is 24.3 Å². The lowest BCUT2D eigenvalue weighted by Gasteiger charge is -2.35. The van der Waals surface area contributed by atoms with E-state index in [1.54, 1.807) is 24.7 Å². The van der Waals surface area contributed by atoms with Crippen molar-refractivity contribution >= 4 is 22.6 Å². The van der Waals surface area contributed by atoms with Crippen LogP contribution in [-0.4, -0.2) is 27.2 Å². The number of amides is 2. The van der Waals surface area contributed by atoms with Crippen LogP contribution in [0.5, 0.6) is 5.75 Å². The normalized spacial score (nSPS) is 17.5. The number of fused-ring (bicyclic) bond motifs is 2. The molecular formula is C24H21F2N5O2. The number of carbonyl (C=O) groups is 1. The lowest BCUT2D eigenvalue weighted by molar-refractivity contribution is -0.0489. The number of urea groups is 1. The Bertz CT molecular complexity index is 1280. The van der Waals surface area contributed by atoms with E-state index in [-0.39, 0.29) is 23.3 Å². The van der Waals surface area contributed by atoms with E-state index < -0.39 is 12.6 Å². The van der Waals surface area contributed by atoms with Crippen LogP contribution in [0.2, 0.25) is 0 Å². The Balaban J connectivity index is 1.43. The Labute approximate surface area is 188 Å². The summed E-state index contributed by atoms with van der Waals surface area (Å²) < 4.78 is 32.1. The second-order valence-electron chi connectivity index (χ2n) is 7.78. The van der Waals surface area contributed by atoms with Crippen LogP contribution in [-0.2, 0) is 6.42 Å². The van der Waals surface area contributed by atoms with Gasteiger partial charge in [-0.15, -0.1) is 0 Å². The Morgan fingerprint density at radius 3 is 2.82 bits per heavy atom. The van der Waals surface area contributed by atoms with Gasteiger partial charge < -0.3 is 19.9 Å². The average molecular weight is 449 g/mol. The number of nitrogens with zero attached hydrogens (tertiary/aromatic N) is 3. The molecule has 4 aromatic rings. The zero-order valence-electron chi connectivity index (χ0n) is 17.5. The highest BCUT2D eigenvalue weighted by Crippen LogP contribution is 2.38. The molecule has 0 spiro atoms. The second-order valence-corrected chi connectivity index (χ2v) is 7.78. The predicted molar refractivity (Wildman–Crippen MR) is 119 cm³/mol. The fraction of sp³-hybridized carbons (Fsp3) is 0.208. The molecule has 7 nitrogen and oxygen atoms in total. The zero-order valence-corrected chi connectivity index (χ0v) is 17.5. The number of pyridine rings is 1. The van der Waals surface area contributed by atoms with Crippen molar-refractivity contribution in [1.82, 2.24) is 19.9 Å². The molecule has 2 atom stereocenters. The van der Waals surface area contributed by atoms with Gasteiger partial charge in [0.15, 0.2) is 5.75 Å². The number of hydrogen-bond donors (Lipinski definition) is 2. The van der Waals surface area contributed by atoms with Crippen LogP contribution in [0.1, 0.15) is 29.6 Å². The van der Waals surface area contributed by atoms with E-state index in [1.165, 1.54) is 23.9 Å². The van der Waals surface area contributed by atoms with Crippen molar-refractivity contribution in [2.24, 2.45) is 0 Å². The number of anilines is 1. The molecule has 0 aliphatic heterocycles. The van der Waals surface area contributed by atoms with E-state index in [9.17, 15) is 13.6 Å². The molecule has 2 heterocycles. The molecule has 2 N–H and O–H groups in total. The van der Waals surface area contributed by atoms with Gasteiger partial charge in [-0.2, -0.15) is 8.78 Å². The first-order chi connectivity index (χ1) is 16.1.